The van der Waals surface area contributed by atoms with Crippen LogP contribution in [0.1, 0.15) is 38.7 Å². The van der Waals surface area contributed by atoms with Gasteiger partial charge in [0.2, 0.25) is 6.41 Å². The van der Waals surface area contributed by atoms with Gasteiger partial charge in [0.05, 0.1) is 17.3 Å². The van der Waals surface area contributed by atoms with Crippen LogP contribution in [0.2, 0.25) is 5.02 Å². The van der Waals surface area contributed by atoms with Crippen LogP contribution >= 0.6 is 11.6 Å². The van der Waals surface area contributed by atoms with Crippen LogP contribution in [0.25, 0.3) is 11.1 Å². The Balaban J connectivity index is 1.89. The number of carbonyl (C=O) groups is 1. The smallest absolute Gasteiger partial charge is 0.207 e. The van der Waals surface area contributed by atoms with Gasteiger partial charge in [0.25, 0.3) is 0 Å². The van der Waals surface area contributed by atoms with Gasteiger partial charge in [0, 0.05) is 55.4 Å². The number of aromatic nitrogens is 2. The number of amides is 1. The predicted octanol–water partition coefficient (Wildman–Crippen LogP) is 3.08. The molecular weight excluding hydrogens is 418 g/mol. The first-order valence-corrected chi connectivity index (χ1v) is 11.0. The van der Waals surface area contributed by atoms with Crippen molar-refractivity contribution < 1.29 is 14.3 Å². The second kappa shape index (κ2) is 11.2. The van der Waals surface area contributed by atoms with Crippen LogP contribution in [0, 0.1) is 5.92 Å². The third-order valence-electron chi connectivity index (χ3n) is 5.62. The fourth-order valence-corrected chi connectivity index (χ4v) is 3.89. The zero-order valence-electron chi connectivity index (χ0n) is 18.0. The van der Waals surface area contributed by atoms with Crippen molar-refractivity contribution in [3.63, 3.8) is 0 Å². The van der Waals surface area contributed by atoms with Gasteiger partial charge in [-0.1, -0.05) is 18.5 Å². The molecule has 1 amide bonds. The minimum atomic E-state index is -0.149. The number of nitrogens with two attached hydrogens (primary N) is 1. The lowest BCUT2D eigenvalue weighted by Crippen LogP contribution is -2.32. The van der Waals surface area contributed by atoms with Crippen molar-refractivity contribution in [2.45, 2.75) is 45.3 Å². The maximum atomic E-state index is 10.7. The Hall–Kier alpha value is -2.58. The molecule has 1 aliphatic heterocycles. The Morgan fingerprint density at radius 3 is 2.97 bits per heavy atom. The zero-order chi connectivity index (χ0) is 22.2. The van der Waals surface area contributed by atoms with E-state index in [0.29, 0.717) is 29.2 Å². The molecule has 2 aromatic rings. The topological polar surface area (TPSA) is 103 Å². The van der Waals surface area contributed by atoms with E-state index >= 15 is 0 Å². The summed E-state index contributed by atoms with van der Waals surface area (Å²) in [6.07, 6.45) is 10.0. The van der Waals surface area contributed by atoms with Crippen LogP contribution in [0.5, 0.6) is 5.75 Å². The molecule has 3 N–H and O–H groups in total. The molecular formula is C22H30ClN5O3. The average Bonchev–Trinajstić information content (AvgIpc) is 3.16. The van der Waals surface area contributed by atoms with E-state index in [2.05, 4.69) is 17.3 Å². The Labute approximate surface area is 187 Å². The molecule has 0 aromatic carbocycles. The molecule has 0 bridgehead atoms. The van der Waals surface area contributed by atoms with Gasteiger partial charge in [-0.05, 0) is 32.3 Å². The molecule has 9 heteroatoms. The fraction of sp³-hybridized carbons (Fsp3) is 0.500. The van der Waals surface area contributed by atoms with Crippen molar-refractivity contribution in [1.29, 1.82) is 0 Å². The van der Waals surface area contributed by atoms with E-state index in [-0.39, 0.29) is 18.1 Å². The number of aliphatic imine (C=N–C) groups is 1. The maximum Gasteiger partial charge on any atom is 0.207 e. The first-order valence-electron chi connectivity index (χ1n) is 10.6. The molecule has 2 unspecified atom stereocenters. The lowest BCUT2D eigenvalue weighted by Gasteiger charge is -2.24. The molecule has 8 nitrogen and oxygen atoms in total. The number of nitrogens with zero attached hydrogens (tertiary/aromatic N) is 3. The van der Waals surface area contributed by atoms with Crippen molar-refractivity contribution >= 4 is 35.3 Å². The summed E-state index contributed by atoms with van der Waals surface area (Å²) in [7, 11) is 0. The monoisotopic (exact) mass is 447 g/mol. The second-order valence-electron chi connectivity index (χ2n) is 7.64. The average molecular weight is 448 g/mol. The summed E-state index contributed by atoms with van der Waals surface area (Å²) in [5.74, 6) is 0.756. The number of carbonyl (C=O) groups excluding carboxylic acids is 1. The molecule has 1 fully saturated rings. The van der Waals surface area contributed by atoms with Crippen molar-refractivity contribution in [1.82, 2.24) is 14.9 Å². The van der Waals surface area contributed by atoms with E-state index < -0.39 is 0 Å². The minimum absolute atomic E-state index is 0.148. The van der Waals surface area contributed by atoms with E-state index in [1.807, 2.05) is 19.2 Å². The number of nitrogens with one attached hydrogen (secondary N) is 1. The van der Waals surface area contributed by atoms with Gasteiger partial charge in [-0.3, -0.25) is 9.79 Å². The summed E-state index contributed by atoms with van der Waals surface area (Å²) in [5, 5.41) is 7.59. The molecule has 31 heavy (non-hydrogen) atoms. The Kier molecular flexibility index (Phi) is 8.31. The largest absolute Gasteiger partial charge is 0.488 e. The quantitative estimate of drug-likeness (QED) is 0.430. The standard InChI is InChI=1S/C22H30ClN5O3/c1-3-16(10-25-14-29)15(2)31-21-8-17(13-28-22(21)20(23)12-27-28)18(9-24)11-26-19-4-6-30-7-5-19/h8-9,11-16,19H,3-7,10,24H2,1-2H3,(H,25,29). The summed E-state index contributed by atoms with van der Waals surface area (Å²) < 4.78 is 13.4. The Morgan fingerprint density at radius 1 is 1.52 bits per heavy atom. The number of hydrogen-bond acceptors (Lipinski definition) is 6. The Bertz CT molecular complexity index is 937. The SMILES string of the molecule is CCC(CNC=O)C(C)Oc1cc(C(C=NC2CCOCC2)=CN)cn2ncc(Cl)c12. The molecule has 3 rings (SSSR count). The van der Waals surface area contributed by atoms with Gasteiger partial charge < -0.3 is 20.5 Å². The van der Waals surface area contributed by atoms with Crippen LogP contribution in [0.4, 0.5) is 0 Å². The molecule has 168 valence electrons. The van der Waals surface area contributed by atoms with Gasteiger partial charge in [-0.2, -0.15) is 5.10 Å². The normalized spacial score (nSPS) is 17.7. The number of ether oxygens (including phenoxy) is 2. The van der Waals surface area contributed by atoms with E-state index in [1.165, 1.54) is 6.20 Å². The third-order valence-corrected chi connectivity index (χ3v) is 5.90. The molecule has 1 saturated heterocycles. The van der Waals surface area contributed by atoms with Crippen LogP contribution in [0.3, 0.4) is 0 Å². The van der Waals surface area contributed by atoms with E-state index in [0.717, 1.165) is 43.6 Å². The first-order chi connectivity index (χ1) is 15.1. The first kappa shape index (κ1) is 23.1. The second-order valence-corrected chi connectivity index (χ2v) is 8.05. The van der Waals surface area contributed by atoms with Crippen molar-refractivity contribution in [2.24, 2.45) is 16.6 Å². The van der Waals surface area contributed by atoms with Crippen LogP contribution < -0.4 is 15.8 Å². The molecule has 0 spiro atoms. The van der Waals surface area contributed by atoms with Crippen molar-refractivity contribution in [3.05, 3.63) is 35.2 Å². The number of halogens is 1. The van der Waals surface area contributed by atoms with Crippen LogP contribution in [-0.2, 0) is 9.53 Å². The Morgan fingerprint density at radius 2 is 2.29 bits per heavy atom. The third kappa shape index (κ3) is 5.77. The highest BCUT2D eigenvalue weighted by Crippen LogP contribution is 2.32. The molecule has 0 aliphatic carbocycles. The summed E-state index contributed by atoms with van der Waals surface area (Å²) in [5.41, 5.74) is 8.21. The number of pyridine rings is 1. The molecule has 2 atom stereocenters. The summed E-state index contributed by atoms with van der Waals surface area (Å²) in [4.78, 5) is 15.4. The number of rotatable bonds is 10. The van der Waals surface area contributed by atoms with Crippen LogP contribution in [-0.4, -0.2) is 54.1 Å². The minimum Gasteiger partial charge on any atom is -0.488 e. The highest BCUT2D eigenvalue weighted by Gasteiger charge is 2.20. The fourth-order valence-electron chi connectivity index (χ4n) is 3.67. The van der Waals surface area contributed by atoms with Gasteiger partial charge in [0.1, 0.15) is 17.4 Å². The molecule has 0 radical (unpaired) electrons. The summed E-state index contributed by atoms with van der Waals surface area (Å²) in [6, 6.07) is 2.14. The number of allylic oxidation sites excluding steroid dienone is 1. The van der Waals surface area contributed by atoms with E-state index in [4.69, 9.17) is 31.8 Å². The molecule has 0 saturated carbocycles. The van der Waals surface area contributed by atoms with Crippen molar-refractivity contribution in [3.8, 4) is 5.75 Å². The molecule has 2 aromatic heterocycles. The predicted molar refractivity (Wildman–Crippen MR) is 123 cm³/mol. The van der Waals surface area contributed by atoms with Gasteiger partial charge in [0.15, 0.2) is 0 Å². The highest BCUT2D eigenvalue weighted by molar-refractivity contribution is 6.34. The van der Waals surface area contributed by atoms with E-state index in [1.54, 1.807) is 16.9 Å². The highest BCUT2D eigenvalue weighted by atomic mass is 35.5. The van der Waals surface area contributed by atoms with Gasteiger partial charge in [-0.25, -0.2) is 4.52 Å². The lowest BCUT2D eigenvalue weighted by molar-refractivity contribution is -0.109. The molecule has 3 heterocycles. The number of hydrogen-bond donors (Lipinski definition) is 2. The van der Waals surface area contributed by atoms with Crippen molar-refractivity contribution in [2.75, 3.05) is 19.8 Å². The maximum absolute atomic E-state index is 10.7. The lowest BCUT2D eigenvalue weighted by atomic mass is 10.0. The van der Waals surface area contributed by atoms with Gasteiger partial charge >= 0.3 is 0 Å². The van der Waals surface area contributed by atoms with E-state index in [9.17, 15) is 4.79 Å². The number of fused-ring (bicyclic) bond motifs is 1. The zero-order valence-corrected chi connectivity index (χ0v) is 18.7. The molecule has 1 aliphatic rings. The summed E-state index contributed by atoms with van der Waals surface area (Å²) in [6.45, 7) is 6.05. The summed E-state index contributed by atoms with van der Waals surface area (Å²) >= 11 is 6.39. The van der Waals surface area contributed by atoms with Crippen LogP contribution in [0.15, 0.2) is 29.7 Å². The van der Waals surface area contributed by atoms with Gasteiger partial charge in [-0.15, -0.1) is 0 Å².